The van der Waals surface area contributed by atoms with Crippen LogP contribution in [0.5, 0.6) is 0 Å². The zero-order chi connectivity index (χ0) is 14.5. The summed E-state index contributed by atoms with van der Waals surface area (Å²) in [6, 6.07) is 7.81. The third-order valence-electron chi connectivity index (χ3n) is 3.35. The molecule has 0 saturated heterocycles. The van der Waals surface area contributed by atoms with Crippen LogP contribution in [0.1, 0.15) is 18.9 Å². The number of rotatable bonds is 6. The molecule has 20 heavy (non-hydrogen) atoms. The van der Waals surface area contributed by atoms with Gasteiger partial charge < -0.3 is 15.4 Å². The summed E-state index contributed by atoms with van der Waals surface area (Å²) in [4.78, 5) is 25.6. The zero-order valence-corrected chi connectivity index (χ0v) is 11.3. The molecule has 0 spiro atoms. The lowest BCUT2D eigenvalue weighted by Gasteiger charge is -2.07. The van der Waals surface area contributed by atoms with Crippen molar-refractivity contribution in [3.05, 3.63) is 36.0 Å². The molecule has 0 saturated carbocycles. The summed E-state index contributed by atoms with van der Waals surface area (Å²) in [6.45, 7) is 2.02. The van der Waals surface area contributed by atoms with E-state index in [9.17, 15) is 9.59 Å². The molecule has 2 aromatic rings. The fourth-order valence-electron chi connectivity index (χ4n) is 2.06. The Morgan fingerprint density at radius 1 is 1.35 bits per heavy atom. The van der Waals surface area contributed by atoms with E-state index in [4.69, 9.17) is 5.11 Å². The number of aliphatic carboxylic acids is 1. The second kappa shape index (κ2) is 6.23. The lowest BCUT2D eigenvalue weighted by atomic mass is 10.1. The molecule has 1 unspecified atom stereocenters. The molecule has 2 rings (SSSR count). The van der Waals surface area contributed by atoms with Crippen LogP contribution < -0.4 is 5.32 Å². The van der Waals surface area contributed by atoms with E-state index in [1.165, 1.54) is 0 Å². The monoisotopic (exact) mass is 274 g/mol. The molecule has 5 nitrogen and oxygen atoms in total. The summed E-state index contributed by atoms with van der Waals surface area (Å²) in [5.41, 5.74) is 1.96. The molecule has 106 valence electrons. The van der Waals surface area contributed by atoms with Gasteiger partial charge in [0, 0.05) is 23.6 Å². The molecular formula is C15H18N2O3. The van der Waals surface area contributed by atoms with Crippen LogP contribution in [0.2, 0.25) is 0 Å². The highest BCUT2D eigenvalue weighted by Crippen LogP contribution is 2.17. The topological polar surface area (TPSA) is 82.2 Å². The second-order valence-electron chi connectivity index (χ2n) is 4.91. The van der Waals surface area contributed by atoms with E-state index in [1.807, 2.05) is 30.5 Å². The van der Waals surface area contributed by atoms with Crippen LogP contribution in [0.3, 0.4) is 0 Å². The van der Waals surface area contributed by atoms with Gasteiger partial charge in [0.2, 0.25) is 5.91 Å². The molecule has 0 aliphatic carbocycles. The van der Waals surface area contributed by atoms with Gasteiger partial charge in [0.25, 0.3) is 0 Å². The standard InChI is InChI=1S/C15H18N2O3/c1-10(15(19)20)6-7-16-14(18)8-11-9-17-13-5-3-2-4-12(11)13/h2-5,9-10,17H,6-8H2,1H3,(H,16,18)(H,19,20). The summed E-state index contributed by atoms with van der Waals surface area (Å²) >= 11 is 0. The Kier molecular flexibility index (Phi) is 4.40. The van der Waals surface area contributed by atoms with Gasteiger partial charge >= 0.3 is 5.97 Å². The molecule has 0 fully saturated rings. The fraction of sp³-hybridized carbons (Fsp3) is 0.333. The Morgan fingerprint density at radius 2 is 2.10 bits per heavy atom. The van der Waals surface area contributed by atoms with Crippen molar-refractivity contribution in [3.63, 3.8) is 0 Å². The number of nitrogens with one attached hydrogen (secondary N) is 2. The largest absolute Gasteiger partial charge is 0.481 e. The molecule has 3 N–H and O–H groups in total. The first-order valence-corrected chi connectivity index (χ1v) is 6.62. The van der Waals surface area contributed by atoms with Gasteiger partial charge in [-0.05, 0) is 18.1 Å². The molecule has 0 aliphatic heterocycles. The maximum absolute atomic E-state index is 11.8. The van der Waals surface area contributed by atoms with Crippen molar-refractivity contribution < 1.29 is 14.7 Å². The van der Waals surface area contributed by atoms with Gasteiger partial charge in [-0.2, -0.15) is 0 Å². The van der Waals surface area contributed by atoms with Crippen molar-refractivity contribution in [2.45, 2.75) is 19.8 Å². The highest BCUT2D eigenvalue weighted by atomic mass is 16.4. The van der Waals surface area contributed by atoms with Crippen LogP contribution in [0, 0.1) is 5.92 Å². The molecule has 5 heteroatoms. The molecule has 1 aromatic carbocycles. The number of carboxylic acid groups (broad SMARTS) is 1. The second-order valence-corrected chi connectivity index (χ2v) is 4.91. The molecule has 0 radical (unpaired) electrons. The van der Waals surface area contributed by atoms with Gasteiger partial charge in [-0.15, -0.1) is 0 Å². The number of amides is 1. The molecule has 0 aliphatic rings. The van der Waals surface area contributed by atoms with Crippen LogP contribution in [-0.2, 0) is 16.0 Å². The minimum Gasteiger partial charge on any atom is -0.481 e. The Labute approximate surface area is 117 Å². The SMILES string of the molecule is CC(CCNC(=O)Cc1c[nH]c2ccccc12)C(=O)O. The van der Waals surface area contributed by atoms with E-state index in [0.29, 0.717) is 19.4 Å². The normalized spacial score (nSPS) is 12.2. The quantitative estimate of drug-likeness (QED) is 0.752. The number of fused-ring (bicyclic) bond motifs is 1. The van der Waals surface area contributed by atoms with Gasteiger partial charge in [-0.25, -0.2) is 0 Å². The van der Waals surface area contributed by atoms with Gasteiger partial charge in [0.15, 0.2) is 0 Å². The Bertz CT molecular complexity index is 618. The molecule has 1 heterocycles. The summed E-state index contributed by atoms with van der Waals surface area (Å²) in [5, 5.41) is 12.6. The maximum Gasteiger partial charge on any atom is 0.306 e. The first-order valence-electron chi connectivity index (χ1n) is 6.62. The third kappa shape index (κ3) is 3.38. The molecule has 1 aromatic heterocycles. The van der Waals surface area contributed by atoms with E-state index in [0.717, 1.165) is 16.5 Å². The molecule has 1 amide bonds. The smallest absolute Gasteiger partial charge is 0.306 e. The van der Waals surface area contributed by atoms with Gasteiger partial charge in [0.05, 0.1) is 12.3 Å². The first kappa shape index (κ1) is 14.1. The number of hydrogen-bond donors (Lipinski definition) is 3. The Balaban J connectivity index is 1.87. The number of aromatic amines is 1. The van der Waals surface area contributed by atoms with Crippen molar-refractivity contribution in [2.75, 3.05) is 6.54 Å². The number of aromatic nitrogens is 1. The van der Waals surface area contributed by atoms with Gasteiger partial charge in [0.1, 0.15) is 0 Å². The van der Waals surface area contributed by atoms with Crippen LogP contribution in [0.25, 0.3) is 10.9 Å². The highest BCUT2D eigenvalue weighted by Gasteiger charge is 2.12. The number of hydrogen-bond acceptors (Lipinski definition) is 2. The van der Waals surface area contributed by atoms with E-state index in [2.05, 4.69) is 10.3 Å². The lowest BCUT2D eigenvalue weighted by molar-refractivity contribution is -0.141. The number of para-hydroxylation sites is 1. The Hall–Kier alpha value is -2.30. The van der Waals surface area contributed by atoms with Crippen molar-refractivity contribution in [3.8, 4) is 0 Å². The minimum atomic E-state index is -0.837. The average Bonchev–Trinajstić information content (AvgIpc) is 2.82. The predicted octanol–water partition coefficient (Wildman–Crippen LogP) is 1.94. The third-order valence-corrected chi connectivity index (χ3v) is 3.35. The van der Waals surface area contributed by atoms with Crippen LogP contribution in [0.15, 0.2) is 30.5 Å². The molecule has 1 atom stereocenters. The fourth-order valence-corrected chi connectivity index (χ4v) is 2.06. The summed E-state index contributed by atoms with van der Waals surface area (Å²) < 4.78 is 0. The number of benzene rings is 1. The number of carboxylic acids is 1. The average molecular weight is 274 g/mol. The van der Waals surface area contributed by atoms with Crippen LogP contribution in [0.4, 0.5) is 0 Å². The minimum absolute atomic E-state index is 0.0904. The van der Waals surface area contributed by atoms with Gasteiger partial charge in [-0.3, -0.25) is 9.59 Å². The Morgan fingerprint density at radius 3 is 2.85 bits per heavy atom. The molecular weight excluding hydrogens is 256 g/mol. The maximum atomic E-state index is 11.8. The van der Waals surface area contributed by atoms with Gasteiger partial charge in [-0.1, -0.05) is 25.1 Å². The number of carbonyl (C=O) groups is 2. The van der Waals surface area contributed by atoms with Crippen molar-refractivity contribution >= 4 is 22.8 Å². The van der Waals surface area contributed by atoms with E-state index in [-0.39, 0.29) is 5.91 Å². The predicted molar refractivity (Wildman–Crippen MR) is 76.4 cm³/mol. The highest BCUT2D eigenvalue weighted by molar-refractivity contribution is 5.88. The van der Waals surface area contributed by atoms with Crippen molar-refractivity contribution in [2.24, 2.45) is 5.92 Å². The molecule has 0 bridgehead atoms. The van der Waals surface area contributed by atoms with E-state index < -0.39 is 11.9 Å². The van der Waals surface area contributed by atoms with Crippen LogP contribution in [-0.4, -0.2) is 28.5 Å². The van der Waals surface area contributed by atoms with Crippen LogP contribution >= 0.6 is 0 Å². The first-order chi connectivity index (χ1) is 9.58. The van der Waals surface area contributed by atoms with Crippen molar-refractivity contribution in [1.82, 2.24) is 10.3 Å². The zero-order valence-electron chi connectivity index (χ0n) is 11.3. The number of H-pyrrole nitrogens is 1. The lowest BCUT2D eigenvalue weighted by Crippen LogP contribution is -2.28. The van der Waals surface area contributed by atoms with E-state index in [1.54, 1.807) is 6.92 Å². The van der Waals surface area contributed by atoms with Crippen molar-refractivity contribution in [1.29, 1.82) is 0 Å². The number of carbonyl (C=O) groups excluding carboxylic acids is 1. The summed E-state index contributed by atoms with van der Waals surface area (Å²) in [6.07, 6.45) is 2.57. The van der Waals surface area contributed by atoms with E-state index >= 15 is 0 Å². The summed E-state index contributed by atoms with van der Waals surface area (Å²) in [5.74, 6) is -1.37. The summed E-state index contributed by atoms with van der Waals surface area (Å²) in [7, 11) is 0.